The third-order valence-corrected chi connectivity index (χ3v) is 4.44. The molecule has 118 valence electrons. The maximum absolute atomic E-state index is 12.3. The Labute approximate surface area is 137 Å². The number of nitrogens with zero attached hydrogens (tertiary/aromatic N) is 2. The highest BCUT2D eigenvalue weighted by Crippen LogP contribution is 2.20. The van der Waals surface area contributed by atoms with Gasteiger partial charge in [-0.05, 0) is 26.0 Å². The van der Waals surface area contributed by atoms with Gasteiger partial charge in [0, 0.05) is 17.9 Å². The maximum atomic E-state index is 12.3. The predicted molar refractivity (Wildman–Crippen MR) is 89.6 cm³/mol. The molecular weight excluding hydrogens is 312 g/mol. The molecular formula is C17H16N2O3S. The first-order valence-electron chi connectivity index (χ1n) is 7.18. The molecule has 0 unspecified atom stereocenters. The van der Waals surface area contributed by atoms with Crippen LogP contribution in [-0.4, -0.2) is 15.2 Å². The molecule has 0 fully saturated rings. The SMILES string of the molecule is CC(=O)c1c(C)sc2nc(COc3ccc(C)cc3)cc(=O)n12. The summed E-state index contributed by atoms with van der Waals surface area (Å²) in [6.45, 7) is 5.49. The first-order chi connectivity index (χ1) is 11.0. The summed E-state index contributed by atoms with van der Waals surface area (Å²) in [5.74, 6) is 0.589. The van der Waals surface area contributed by atoms with Gasteiger partial charge in [0.1, 0.15) is 18.1 Å². The van der Waals surface area contributed by atoms with E-state index in [-0.39, 0.29) is 17.9 Å². The Hall–Kier alpha value is -2.47. The van der Waals surface area contributed by atoms with Gasteiger partial charge in [0.05, 0.1) is 5.69 Å². The molecule has 0 aliphatic rings. The fourth-order valence-electron chi connectivity index (χ4n) is 2.39. The Morgan fingerprint density at radius 2 is 1.96 bits per heavy atom. The van der Waals surface area contributed by atoms with Crippen LogP contribution in [0.2, 0.25) is 0 Å². The molecule has 0 aliphatic heterocycles. The molecule has 0 amide bonds. The number of aryl methyl sites for hydroxylation is 2. The van der Waals surface area contributed by atoms with Gasteiger partial charge in [-0.1, -0.05) is 17.7 Å². The highest BCUT2D eigenvalue weighted by molar-refractivity contribution is 7.17. The Morgan fingerprint density at radius 3 is 2.61 bits per heavy atom. The first-order valence-corrected chi connectivity index (χ1v) is 8.00. The Kier molecular flexibility index (Phi) is 4.00. The third kappa shape index (κ3) is 3.03. The summed E-state index contributed by atoms with van der Waals surface area (Å²) >= 11 is 1.33. The predicted octanol–water partition coefficient (Wildman–Crippen LogP) is 3.15. The second-order valence-corrected chi connectivity index (χ2v) is 6.55. The summed E-state index contributed by atoms with van der Waals surface area (Å²) in [6.07, 6.45) is 0. The van der Waals surface area contributed by atoms with Gasteiger partial charge in [0.15, 0.2) is 10.7 Å². The second-order valence-electron chi connectivity index (χ2n) is 5.37. The molecule has 6 heteroatoms. The van der Waals surface area contributed by atoms with Crippen LogP contribution in [0.25, 0.3) is 4.96 Å². The molecule has 1 aromatic carbocycles. The molecule has 0 N–H and O–H groups in total. The molecule has 2 aromatic heterocycles. The van der Waals surface area contributed by atoms with Crippen molar-refractivity contribution in [3.05, 3.63) is 62.5 Å². The van der Waals surface area contributed by atoms with E-state index in [2.05, 4.69) is 4.98 Å². The minimum Gasteiger partial charge on any atom is -0.487 e. The van der Waals surface area contributed by atoms with E-state index in [4.69, 9.17) is 4.74 Å². The van der Waals surface area contributed by atoms with Crippen LogP contribution >= 0.6 is 11.3 Å². The van der Waals surface area contributed by atoms with Crippen molar-refractivity contribution in [2.45, 2.75) is 27.4 Å². The van der Waals surface area contributed by atoms with Gasteiger partial charge in [-0.2, -0.15) is 0 Å². The zero-order valence-corrected chi connectivity index (χ0v) is 13.9. The number of carbonyl (C=O) groups excluding carboxylic acids is 1. The van der Waals surface area contributed by atoms with E-state index in [1.807, 2.05) is 38.1 Å². The first kappa shape index (κ1) is 15.4. The number of ketones is 1. The summed E-state index contributed by atoms with van der Waals surface area (Å²) in [6, 6.07) is 9.10. The number of thiazole rings is 1. The topological polar surface area (TPSA) is 60.7 Å². The lowest BCUT2D eigenvalue weighted by Gasteiger charge is -2.06. The number of rotatable bonds is 4. The third-order valence-electron chi connectivity index (χ3n) is 3.48. The molecule has 2 heterocycles. The van der Waals surface area contributed by atoms with Crippen LogP contribution in [0, 0.1) is 13.8 Å². The largest absolute Gasteiger partial charge is 0.487 e. The maximum Gasteiger partial charge on any atom is 0.259 e. The van der Waals surface area contributed by atoms with Crippen LogP contribution < -0.4 is 10.3 Å². The lowest BCUT2D eigenvalue weighted by atomic mass is 10.2. The van der Waals surface area contributed by atoms with Crippen LogP contribution in [0.3, 0.4) is 0 Å². The number of hydrogen-bond donors (Lipinski definition) is 0. The average molecular weight is 328 g/mol. The van der Waals surface area contributed by atoms with E-state index in [9.17, 15) is 9.59 Å². The number of ether oxygens (including phenoxy) is 1. The Balaban J connectivity index is 1.92. The van der Waals surface area contributed by atoms with Crippen molar-refractivity contribution < 1.29 is 9.53 Å². The van der Waals surface area contributed by atoms with Gasteiger partial charge in [0.2, 0.25) is 0 Å². The van der Waals surface area contributed by atoms with Gasteiger partial charge in [0.25, 0.3) is 5.56 Å². The zero-order valence-electron chi connectivity index (χ0n) is 13.1. The van der Waals surface area contributed by atoms with Crippen molar-refractivity contribution in [3.63, 3.8) is 0 Å². The van der Waals surface area contributed by atoms with E-state index in [0.717, 1.165) is 16.2 Å². The fourth-order valence-corrected chi connectivity index (χ4v) is 3.44. The Bertz CT molecular complexity index is 939. The van der Waals surface area contributed by atoms with Crippen molar-refractivity contribution >= 4 is 22.1 Å². The lowest BCUT2D eigenvalue weighted by molar-refractivity contribution is 0.101. The number of fused-ring (bicyclic) bond motifs is 1. The molecule has 0 radical (unpaired) electrons. The van der Waals surface area contributed by atoms with Crippen LogP contribution in [-0.2, 0) is 6.61 Å². The van der Waals surface area contributed by atoms with E-state index in [0.29, 0.717) is 16.3 Å². The Morgan fingerprint density at radius 1 is 1.26 bits per heavy atom. The molecule has 3 aromatic rings. The number of hydrogen-bond acceptors (Lipinski definition) is 5. The van der Waals surface area contributed by atoms with E-state index >= 15 is 0 Å². The average Bonchev–Trinajstić information content (AvgIpc) is 2.83. The number of Topliss-reactive ketones (excluding diaryl/α,β-unsaturated/α-hetero) is 1. The monoisotopic (exact) mass is 328 g/mol. The summed E-state index contributed by atoms with van der Waals surface area (Å²) in [7, 11) is 0. The quantitative estimate of drug-likeness (QED) is 0.690. The smallest absolute Gasteiger partial charge is 0.259 e. The zero-order chi connectivity index (χ0) is 16.6. The molecule has 0 saturated heterocycles. The standard InChI is InChI=1S/C17H16N2O3S/c1-10-4-6-14(7-5-10)22-9-13-8-15(21)19-16(11(2)20)12(3)23-17(19)18-13/h4-8H,9H2,1-3H3. The van der Waals surface area contributed by atoms with Gasteiger partial charge in [-0.25, -0.2) is 9.38 Å². The fraction of sp³-hybridized carbons (Fsp3) is 0.235. The van der Waals surface area contributed by atoms with Gasteiger partial charge in [-0.15, -0.1) is 11.3 Å². The van der Waals surface area contributed by atoms with Crippen molar-refractivity contribution in [1.82, 2.24) is 9.38 Å². The van der Waals surface area contributed by atoms with Gasteiger partial charge >= 0.3 is 0 Å². The lowest BCUT2D eigenvalue weighted by Crippen LogP contribution is -2.19. The normalized spacial score (nSPS) is 10.9. The number of aromatic nitrogens is 2. The molecule has 0 bridgehead atoms. The summed E-state index contributed by atoms with van der Waals surface area (Å²) in [4.78, 5) is 29.8. The van der Waals surface area contributed by atoms with E-state index < -0.39 is 0 Å². The molecule has 5 nitrogen and oxygen atoms in total. The molecule has 0 spiro atoms. The van der Waals surface area contributed by atoms with Crippen LogP contribution in [0.5, 0.6) is 5.75 Å². The minimum absolute atomic E-state index is 0.138. The molecule has 23 heavy (non-hydrogen) atoms. The summed E-state index contributed by atoms with van der Waals surface area (Å²) in [5.41, 5.74) is 1.86. The summed E-state index contributed by atoms with van der Waals surface area (Å²) in [5, 5.41) is 0. The van der Waals surface area contributed by atoms with Crippen molar-refractivity contribution in [2.75, 3.05) is 0 Å². The molecule has 3 rings (SSSR count). The van der Waals surface area contributed by atoms with Gasteiger partial charge < -0.3 is 4.74 Å². The minimum atomic E-state index is -0.257. The molecule has 0 saturated carbocycles. The number of carbonyl (C=O) groups is 1. The van der Waals surface area contributed by atoms with Crippen molar-refractivity contribution in [1.29, 1.82) is 0 Å². The molecule has 0 atom stereocenters. The molecule has 0 aliphatic carbocycles. The second kappa shape index (κ2) is 5.96. The van der Waals surface area contributed by atoms with E-state index in [1.165, 1.54) is 28.7 Å². The van der Waals surface area contributed by atoms with E-state index in [1.54, 1.807) is 0 Å². The van der Waals surface area contributed by atoms with Gasteiger partial charge in [-0.3, -0.25) is 9.59 Å². The van der Waals surface area contributed by atoms with Crippen LogP contribution in [0.15, 0.2) is 35.1 Å². The van der Waals surface area contributed by atoms with Crippen molar-refractivity contribution in [2.24, 2.45) is 0 Å². The van der Waals surface area contributed by atoms with Crippen molar-refractivity contribution in [3.8, 4) is 5.75 Å². The summed E-state index contributed by atoms with van der Waals surface area (Å²) < 4.78 is 7.04. The number of benzene rings is 1. The van der Waals surface area contributed by atoms with Crippen LogP contribution in [0.1, 0.15) is 33.5 Å². The highest BCUT2D eigenvalue weighted by atomic mass is 32.1. The highest BCUT2D eigenvalue weighted by Gasteiger charge is 2.16. The van der Waals surface area contributed by atoms with Crippen LogP contribution in [0.4, 0.5) is 0 Å².